The maximum Gasteiger partial charge on any atom is 0.341 e. The molecule has 1 amide bonds. The molecular formula is C23H35NO5. The highest BCUT2D eigenvalue weighted by molar-refractivity contribution is 5.99. The third-order valence-electron chi connectivity index (χ3n) is 5.31. The first kappa shape index (κ1) is 23.2. The van der Waals surface area contributed by atoms with Crippen LogP contribution in [-0.2, 0) is 14.3 Å². The van der Waals surface area contributed by atoms with Crippen LogP contribution in [0.2, 0.25) is 0 Å². The van der Waals surface area contributed by atoms with Gasteiger partial charge in [0.1, 0.15) is 16.9 Å². The second-order valence-electron chi connectivity index (χ2n) is 7.62. The standard InChI is InChI=1S/C23H35NO5/c1-4-6-16-28-20-12-11-18(17-19(20)21(25)27-3)24-22(26)23(29-15-5-2)13-9-7-8-10-14-23/h11-12,17H,4-10,13-16H2,1-3H3,(H,24,26). The number of anilines is 1. The van der Waals surface area contributed by atoms with Gasteiger partial charge in [-0.05, 0) is 43.9 Å². The summed E-state index contributed by atoms with van der Waals surface area (Å²) in [5, 5.41) is 2.98. The van der Waals surface area contributed by atoms with E-state index in [4.69, 9.17) is 14.2 Å². The molecule has 0 heterocycles. The zero-order chi connectivity index (χ0) is 21.1. The summed E-state index contributed by atoms with van der Waals surface area (Å²) in [5.74, 6) is -0.156. The van der Waals surface area contributed by atoms with Crippen molar-refractivity contribution in [2.75, 3.05) is 25.6 Å². The molecule has 1 fully saturated rings. The number of hydrogen-bond donors (Lipinski definition) is 1. The number of amides is 1. The van der Waals surface area contributed by atoms with Gasteiger partial charge in [0, 0.05) is 12.3 Å². The Kier molecular flexibility index (Phi) is 9.45. The highest BCUT2D eigenvalue weighted by Gasteiger charge is 2.39. The number of ether oxygens (including phenoxy) is 3. The largest absolute Gasteiger partial charge is 0.493 e. The molecule has 2 rings (SSSR count). The second kappa shape index (κ2) is 11.8. The van der Waals surface area contributed by atoms with E-state index in [1.165, 1.54) is 7.11 Å². The van der Waals surface area contributed by atoms with Gasteiger partial charge in [-0.25, -0.2) is 4.79 Å². The maximum absolute atomic E-state index is 13.2. The highest BCUT2D eigenvalue weighted by atomic mass is 16.5. The van der Waals surface area contributed by atoms with E-state index >= 15 is 0 Å². The Morgan fingerprint density at radius 3 is 2.38 bits per heavy atom. The Morgan fingerprint density at radius 2 is 1.76 bits per heavy atom. The van der Waals surface area contributed by atoms with Gasteiger partial charge in [-0.3, -0.25) is 4.79 Å². The minimum Gasteiger partial charge on any atom is -0.493 e. The molecule has 6 nitrogen and oxygen atoms in total. The summed E-state index contributed by atoms with van der Waals surface area (Å²) >= 11 is 0. The summed E-state index contributed by atoms with van der Waals surface area (Å²) in [6.45, 7) is 5.21. The monoisotopic (exact) mass is 405 g/mol. The third kappa shape index (κ3) is 6.46. The van der Waals surface area contributed by atoms with Gasteiger partial charge in [0.2, 0.25) is 0 Å². The average Bonchev–Trinajstić information content (AvgIpc) is 2.99. The van der Waals surface area contributed by atoms with Gasteiger partial charge in [0.25, 0.3) is 5.91 Å². The first-order valence-electron chi connectivity index (χ1n) is 10.9. The van der Waals surface area contributed by atoms with Crippen molar-refractivity contribution in [3.8, 4) is 5.75 Å². The molecule has 1 saturated carbocycles. The Hall–Kier alpha value is -2.08. The number of rotatable bonds is 10. The summed E-state index contributed by atoms with van der Waals surface area (Å²) in [6.07, 6.45) is 8.43. The predicted molar refractivity (Wildman–Crippen MR) is 113 cm³/mol. The van der Waals surface area contributed by atoms with Crippen molar-refractivity contribution < 1.29 is 23.8 Å². The summed E-state index contributed by atoms with van der Waals surface area (Å²) < 4.78 is 16.7. The van der Waals surface area contributed by atoms with E-state index in [-0.39, 0.29) is 5.91 Å². The molecular weight excluding hydrogens is 370 g/mol. The molecule has 0 saturated heterocycles. The van der Waals surface area contributed by atoms with Crippen molar-refractivity contribution in [1.29, 1.82) is 0 Å². The van der Waals surface area contributed by atoms with E-state index in [0.29, 0.717) is 30.2 Å². The summed E-state index contributed by atoms with van der Waals surface area (Å²) in [7, 11) is 1.34. The van der Waals surface area contributed by atoms with E-state index in [0.717, 1.165) is 57.8 Å². The van der Waals surface area contributed by atoms with Crippen molar-refractivity contribution in [3.63, 3.8) is 0 Å². The fourth-order valence-electron chi connectivity index (χ4n) is 3.61. The predicted octanol–water partition coefficient (Wildman–Crippen LogP) is 5.11. The Morgan fingerprint density at radius 1 is 1.03 bits per heavy atom. The molecule has 0 unspecified atom stereocenters. The van der Waals surface area contributed by atoms with Crippen molar-refractivity contribution in [1.82, 2.24) is 0 Å². The number of esters is 1. The van der Waals surface area contributed by atoms with Crippen LogP contribution >= 0.6 is 0 Å². The van der Waals surface area contributed by atoms with Crippen LogP contribution in [0.3, 0.4) is 0 Å². The molecule has 1 aromatic rings. The van der Waals surface area contributed by atoms with E-state index in [9.17, 15) is 9.59 Å². The molecule has 1 N–H and O–H groups in total. The van der Waals surface area contributed by atoms with Crippen molar-refractivity contribution in [2.45, 2.75) is 77.2 Å². The van der Waals surface area contributed by atoms with Crippen LogP contribution in [-0.4, -0.2) is 37.8 Å². The highest BCUT2D eigenvalue weighted by Crippen LogP contribution is 2.33. The molecule has 0 bridgehead atoms. The molecule has 0 radical (unpaired) electrons. The molecule has 6 heteroatoms. The summed E-state index contributed by atoms with van der Waals surface area (Å²) in [4.78, 5) is 25.4. The molecule has 0 aromatic heterocycles. The fraction of sp³-hybridized carbons (Fsp3) is 0.652. The van der Waals surface area contributed by atoms with E-state index in [2.05, 4.69) is 12.2 Å². The topological polar surface area (TPSA) is 73.9 Å². The van der Waals surface area contributed by atoms with E-state index < -0.39 is 11.6 Å². The number of unbranched alkanes of at least 4 members (excludes halogenated alkanes) is 1. The van der Waals surface area contributed by atoms with Gasteiger partial charge in [0.15, 0.2) is 0 Å². The number of nitrogens with one attached hydrogen (secondary N) is 1. The molecule has 1 aliphatic rings. The van der Waals surface area contributed by atoms with Crippen LogP contribution in [0.4, 0.5) is 5.69 Å². The smallest absolute Gasteiger partial charge is 0.341 e. The van der Waals surface area contributed by atoms with Crippen molar-refractivity contribution in [2.24, 2.45) is 0 Å². The second-order valence-corrected chi connectivity index (χ2v) is 7.62. The summed E-state index contributed by atoms with van der Waals surface area (Å²) in [6, 6.07) is 5.09. The molecule has 0 spiro atoms. The van der Waals surface area contributed by atoms with Crippen molar-refractivity contribution in [3.05, 3.63) is 23.8 Å². The van der Waals surface area contributed by atoms with E-state index in [1.807, 2.05) is 6.92 Å². The van der Waals surface area contributed by atoms with Gasteiger partial charge in [0.05, 0.1) is 13.7 Å². The Balaban J connectivity index is 2.21. The normalized spacial score (nSPS) is 16.0. The van der Waals surface area contributed by atoms with Crippen LogP contribution in [0.25, 0.3) is 0 Å². The fourth-order valence-corrected chi connectivity index (χ4v) is 3.61. The minimum absolute atomic E-state index is 0.136. The molecule has 162 valence electrons. The molecule has 1 aliphatic carbocycles. The molecule has 29 heavy (non-hydrogen) atoms. The molecule has 1 aromatic carbocycles. The lowest BCUT2D eigenvalue weighted by atomic mass is 9.92. The molecule has 0 aliphatic heterocycles. The Labute approximate surface area is 174 Å². The van der Waals surface area contributed by atoms with Crippen LogP contribution < -0.4 is 10.1 Å². The zero-order valence-corrected chi connectivity index (χ0v) is 18.1. The first-order valence-corrected chi connectivity index (χ1v) is 10.9. The van der Waals surface area contributed by atoms with Crippen molar-refractivity contribution >= 4 is 17.6 Å². The number of hydrogen-bond acceptors (Lipinski definition) is 5. The SMILES string of the molecule is CCCCOc1ccc(NC(=O)C2(OCCC)CCCCCC2)cc1C(=O)OC. The van der Waals surface area contributed by atoms with Gasteiger partial charge in [-0.1, -0.05) is 46.0 Å². The first-order chi connectivity index (χ1) is 14.1. The van der Waals surface area contributed by atoms with Crippen LogP contribution in [0.5, 0.6) is 5.75 Å². The maximum atomic E-state index is 13.2. The number of carbonyl (C=O) groups is 2. The number of carbonyl (C=O) groups excluding carboxylic acids is 2. The third-order valence-corrected chi connectivity index (χ3v) is 5.31. The summed E-state index contributed by atoms with van der Waals surface area (Å²) in [5.41, 5.74) is 0.0570. The lowest BCUT2D eigenvalue weighted by Gasteiger charge is -2.31. The lowest BCUT2D eigenvalue weighted by Crippen LogP contribution is -2.45. The van der Waals surface area contributed by atoms with Gasteiger partial charge < -0.3 is 19.5 Å². The van der Waals surface area contributed by atoms with Gasteiger partial charge in [-0.15, -0.1) is 0 Å². The average molecular weight is 406 g/mol. The van der Waals surface area contributed by atoms with E-state index in [1.54, 1.807) is 18.2 Å². The van der Waals surface area contributed by atoms with Gasteiger partial charge >= 0.3 is 5.97 Å². The number of benzene rings is 1. The zero-order valence-electron chi connectivity index (χ0n) is 18.1. The van der Waals surface area contributed by atoms with Gasteiger partial charge in [-0.2, -0.15) is 0 Å². The quantitative estimate of drug-likeness (QED) is 0.333. The van der Waals surface area contributed by atoms with Crippen LogP contribution in [0.15, 0.2) is 18.2 Å². The van der Waals surface area contributed by atoms with Crippen LogP contribution in [0.1, 0.15) is 82.0 Å². The van der Waals surface area contributed by atoms with Crippen LogP contribution in [0, 0.1) is 0 Å². The Bertz CT molecular complexity index is 665. The molecule has 0 atom stereocenters. The number of methoxy groups -OCH3 is 1. The lowest BCUT2D eigenvalue weighted by molar-refractivity contribution is -0.143. The minimum atomic E-state index is -0.797.